The molecule has 6 heteroatoms. The molecule has 0 aliphatic heterocycles. The summed E-state index contributed by atoms with van der Waals surface area (Å²) in [6.45, 7) is 9.79. The minimum Gasteiger partial charge on any atom is -1.00 e. The molecule has 0 fully saturated rings. The molecule has 0 radical (unpaired) electrons. The van der Waals surface area contributed by atoms with Crippen molar-refractivity contribution in [1.82, 2.24) is 10.6 Å². The third-order valence-corrected chi connectivity index (χ3v) is 4.50. The number of hydrogen-bond donors (Lipinski definition) is 2. The van der Waals surface area contributed by atoms with Crippen LogP contribution in [0.4, 0.5) is 0 Å². The molecule has 0 rings (SSSR count). The van der Waals surface area contributed by atoms with Crippen LogP contribution in [0.1, 0.15) is 58.8 Å². The van der Waals surface area contributed by atoms with Crippen molar-refractivity contribution in [2.24, 2.45) is 0 Å². The van der Waals surface area contributed by atoms with E-state index in [-0.39, 0.29) is 71.9 Å². The Morgan fingerprint density at radius 1 is 0.826 bits per heavy atom. The smallest absolute Gasteiger partial charge is 0.0785 e. The first kappa shape index (κ1) is 32.7. The summed E-state index contributed by atoms with van der Waals surface area (Å²) in [5.41, 5.74) is 0. The van der Waals surface area contributed by atoms with E-state index >= 15 is 0 Å². The predicted molar refractivity (Wildman–Crippen MR) is 122 cm³/mol. The zero-order chi connectivity index (χ0) is 15.3. The maximum absolute atomic E-state index is 3.46. The average molecular weight is 669 g/mol. The Morgan fingerprint density at radius 2 is 1.30 bits per heavy atom. The number of quaternary nitrogens is 1. The SMILES string of the molecule is CCCC[N+](C)(CCCC)CCCC(CCNC)NC.I.I.[I-]. The molecule has 0 heterocycles. The van der Waals surface area contributed by atoms with E-state index in [2.05, 4.69) is 38.6 Å². The number of nitrogens with zero attached hydrogens (tertiary/aromatic N) is 1. The molecule has 146 valence electrons. The Hall–Kier alpha value is 2.07. The third kappa shape index (κ3) is 18.7. The standard InChI is InChI=1S/C17H40N3.3HI/c1-6-8-14-20(5,15-9-7-2)16-10-11-17(19-4)12-13-18-3;;;/h17-19H,6-16H2,1-5H3;3*1H/q+1;;;/p-1. The van der Waals surface area contributed by atoms with Gasteiger partial charge in [-0.1, -0.05) is 26.7 Å². The summed E-state index contributed by atoms with van der Waals surface area (Å²) in [6, 6.07) is 0.674. The largest absolute Gasteiger partial charge is 1.00 e. The summed E-state index contributed by atoms with van der Waals surface area (Å²) >= 11 is 0. The second-order valence-electron chi connectivity index (χ2n) is 6.52. The second kappa shape index (κ2) is 22.1. The molecule has 0 aromatic heterocycles. The van der Waals surface area contributed by atoms with E-state index in [9.17, 15) is 0 Å². The van der Waals surface area contributed by atoms with E-state index in [1.54, 1.807) is 0 Å². The fourth-order valence-electron chi connectivity index (χ4n) is 2.89. The van der Waals surface area contributed by atoms with Crippen molar-refractivity contribution < 1.29 is 28.5 Å². The van der Waals surface area contributed by atoms with Gasteiger partial charge in [0.1, 0.15) is 0 Å². The molecule has 1 atom stereocenters. The molecule has 3 nitrogen and oxygen atoms in total. The summed E-state index contributed by atoms with van der Waals surface area (Å²) in [5.74, 6) is 0. The molecule has 2 N–H and O–H groups in total. The van der Waals surface area contributed by atoms with Crippen LogP contribution in [0.3, 0.4) is 0 Å². The minimum absolute atomic E-state index is 0. The van der Waals surface area contributed by atoms with E-state index in [4.69, 9.17) is 0 Å². The maximum atomic E-state index is 3.46. The molecular formula is C17H42I3N3. The van der Waals surface area contributed by atoms with Gasteiger partial charge in [0.05, 0.1) is 26.7 Å². The third-order valence-electron chi connectivity index (χ3n) is 4.50. The van der Waals surface area contributed by atoms with E-state index in [1.807, 2.05) is 7.05 Å². The Labute approximate surface area is 197 Å². The van der Waals surface area contributed by atoms with Gasteiger partial charge in [-0.05, 0) is 52.7 Å². The maximum Gasteiger partial charge on any atom is 0.0785 e. The van der Waals surface area contributed by atoms with Crippen LogP contribution in [0.5, 0.6) is 0 Å². The van der Waals surface area contributed by atoms with Crippen molar-refractivity contribution in [2.45, 2.75) is 64.8 Å². The zero-order valence-electron chi connectivity index (χ0n) is 16.0. The van der Waals surface area contributed by atoms with Gasteiger partial charge < -0.3 is 39.1 Å². The first-order valence-corrected chi connectivity index (χ1v) is 8.77. The Bertz CT molecular complexity index is 211. The monoisotopic (exact) mass is 669 g/mol. The molecule has 0 aliphatic rings. The van der Waals surface area contributed by atoms with E-state index in [0.29, 0.717) is 6.04 Å². The normalized spacial score (nSPS) is 11.9. The highest BCUT2D eigenvalue weighted by molar-refractivity contribution is 14.0. The fourth-order valence-corrected chi connectivity index (χ4v) is 2.89. The highest BCUT2D eigenvalue weighted by atomic mass is 127. The van der Waals surface area contributed by atoms with Gasteiger partial charge in [0.15, 0.2) is 0 Å². The zero-order valence-corrected chi connectivity index (χ0v) is 22.8. The van der Waals surface area contributed by atoms with Crippen molar-refractivity contribution >= 4 is 48.0 Å². The van der Waals surface area contributed by atoms with Gasteiger partial charge in [-0.3, -0.25) is 0 Å². The molecule has 0 bridgehead atoms. The second-order valence-corrected chi connectivity index (χ2v) is 6.52. The van der Waals surface area contributed by atoms with Gasteiger partial charge >= 0.3 is 0 Å². The van der Waals surface area contributed by atoms with Gasteiger partial charge in [-0.15, -0.1) is 48.0 Å². The Kier molecular flexibility index (Phi) is 31.5. The first-order valence-electron chi connectivity index (χ1n) is 8.77. The van der Waals surface area contributed by atoms with Gasteiger partial charge in [-0.25, -0.2) is 0 Å². The van der Waals surface area contributed by atoms with Crippen LogP contribution in [0.2, 0.25) is 0 Å². The Balaban J connectivity index is -0.000000602. The molecule has 0 saturated heterocycles. The van der Waals surface area contributed by atoms with E-state index in [1.165, 1.54) is 69.1 Å². The van der Waals surface area contributed by atoms with Crippen molar-refractivity contribution in [3.05, 3.63) is 0 Å². The highest BCUT2D eigenvalue weighted by Crippen LogP contribution is 2.12. The van der Waals surface area contributed by atoms with Gasteiger partial charge in [0, 0.05) is 6.04 Å². The summed E-state index contributed by atoms with van der Waals surface area (Å²) in [6.07, 6.45) is 9.28. The average Bonchev–Trinajstić information content (AvgIpc) is 2.46. The van der Waals surface area contributed by atoms with Crippen molar-refractivity contribution in [2.75, 3.05) is 47.3 Å². The lowest BCUT2D eigenvalue weighted by Crippen LogP contribution is -3.00. The number of unbranched alkanes of at least 4 members (excludes halogenated alkanes) is 2. The van der Waals surface area contributed by atoms with Gasteiger partial charge in [0.2, 0.25) is 0 Å². The number of rotatable bonds is 14. The lowest BCUT2D eigenvalue weighted by molar-refractivity contribution is -0.910. The van der Waals surface area contributed by atoms with Crippen molar-refractivity contribution in [1.29, 1.82) is 0 Å². The topological polar surface area (TPSA) is 24.1 Å². The quantitative estimate of drug-likeness (QED) is 0.215. The number of nitrogens with one attached hydrogen (secondary N) is 2. The van der Waals surface area contributed by atoms with Crippen LogP contribution < -0.4 is 34.6 Å². The fraction of sp³-hybridized carbons (Fsp3) is 1.00. The summed E-state index contributed by atoms with van der Waals surface area (Å²) in [4.78, 5) is 0. The van der Waals surface area contributed by atoms with E-state index < -0.39 is 0 Å². The van der Waals surface area contributed by atoms with Crippen LogP contribution in [0.25, 0.3) is 0 Å². The molecule has 0 spiro atoms. The molecule has 0 amide bonds. The van der Waals surface area contributed by atoms with Crippen molar-refractivity contribution in [3.63, 3.8) is 0 Å². The Morgan fingerprint density at radius 3 is 1.70 bits per heavy atom. The van der Waals surface area contributed by atoms with Crippen LogP contribution in [-0.2, 0) is 0 Å². The lowest BCUT2D eigenvalue weighted by Gasteiger charge is -2.35. The minimum atomic E-state index is 0. The van der Waals surface area contributed by atoms with Gasteiger partial charge in [-0.2, -0.15) is 0 Å². The molecule has 0 aromatic carbocycles. The lowest BCUT2D eigenvalue weighted by atomic mass is 10.1. The molecule has 0 saturated carbocycles. The first-order chi connectivity index (χ1) is 9.61. The molecule has 0 aromatic rings. The molecule has 0 aliphatic carbocycles. The number of halogens is 3. The summed E-state index contributed by atoms with van der Waals surface area (Å²) in [5, 5.41) is 6.71. The van der Waals surface area contributed by atoms with Crippen molar-refractivity contribution in [3.8, 4) is 0 Å². The highest BCUT2D eigenvalue weighted by Gasteiger charge is 2.20. The molecule has 23 heavy (non-hydrogen) atoms. The molecular weight excluding hydrogens is 627 g/mol. The molecule has 1 unspecified atom stereocenters. The van der Waals surface area contributed by atoms with Crippen LogP contribution in [0, 0.1) is 0 Å². The van der Waals surface area contributed by atoms with E-state index in [0.717, 1.165) is 6.54 Å². The predicted octanol–water partition coefficient (Wildman–Crippen LogP) is 1.25. The van der Waals surface area contributed by atoms with Crippen LogP contribution in [-0.4, -0.2) is 57.8 Å². The van der Waals surface area contributed by atoms with Crippen LogP contribution in [0.15, 0.2) is 0 Å². The summed E-state index contributed by atoms with van der Waals surface area (Å²) in [7, 11) is 6.60. The summed E-state index contributed by atoms with van der Waals surface area (Å²) < 4.78 is 1.28. The number of hydrogen-bond acceptors (Lipinski definition) is 2. The van der Waals surface area contributed by atoms with Gasteiger partial charge in [0.25, 0.3) is 0 Å². The van der Waals surface area contributed by atoms with Crippen LogP contribution >= 0.6 is 48.0 Å².